The molecule has 2 aromatic rings. The fourth-order valence-electron chi connectivity index (χ4n) is 1.25. The largest absolute Gasteiger partial charge is 0.369 e. The lowest BCUT2D eigenvalue weighted by Gasteiger charge is -1.97. The number of aromatic nitrogens is 3. The Labute approximate surface area is 78.5 Å². The topological polar surface area (TPSA) is 85.4 Å². The van der Waals surface area contributed by atoms with Gasteiger partial charge in [0, 0.05) is 13.1 Å². The molecule has 14 heavy (non-hydrogen) atoms. The van der Waals surface area contributed by atoms with Crippen LogP contribution in [0.25, 0.3) is 5.52 Å². The summed E-state index contributed by atoms with van der Waals surface area (Å²) < 4.78 is 1.23. The van der Waals surface area contributed by atoms with Crippen LogP contribution in [-0.2, 0) is 0 Å². The first kappa shape index (κ1) is 8.42. The van der Waals surface area contributed by atoms with Gasteiger partial charge in [0.05, 0.1) is 0 Å². The molecule has 0 bridgehead atoms. The van der Waals surface area contributed by atoms with Gasteiger partial charge in [0.15, 0.2) is 17.7 Å². The zero-order valence-corrected chi connectivity index (χ0v) is 7.34. The number of hydrogen-bond donors (Lipinski definition) is 1. The van der Waals surface area contributed by atoms with E-state index in [4.69, 9.17) is 0 Å². The van der Waals surface area contributed by atoms with Crippen LogP contribution in [0.1, 0.15) is 0 Å². The maximum Gasteiger partial charge on any atom is 0.348 e. The van der Waals surface area contributed by atoms with Crippen LogP contribution in [-0.4, -0.2) is 26.6 Å². The lowest BCUT2D eigenvalue weighted by molar-refractivity contribution is -0.390. The fourth-order valence-corrected chi connectivity index (χ4v) is 1.25. The zero-order valence-electron chi connectivity index (χ0n) is 7.34. The van der Waals surface area contributed by atoms with Gasteiger partial charge in [-0.2, -0.15) is 0 Å². The SMILES string of the molecule is CNc1ncnn2c([N+](=O)[O-])ccc12. The molecule has 0 aliphatic rings. The van der Waals surface area contributed by atoms with Crippen molar-refractivity contribution in [2.24, 2.45) is 0 Å². The minimum atomic E-state index is -0.487. The zero-order chi connectivity index (χ0) is 10.1. The highest BCUT2D eigenvalue weighted by molar-refractivity contribution is 5.69. The molecule has 72 valence electrons. The number of nitrogens with zero attached hydrogens (tertiary/aromatic N) is 4. The van der Waals surface area contributed by atoms with Crippen molar-refractivity contribution in [2.45, 2.75) is 0 Å². The van der Waals surface area contributed by atoms with Gasteiger partial charge in [-0.25, -0.2) is 4.98 Å². The molecule has 0 amide bonds. The van der Waals surface area contributed by atoms with Crippen LogP contribution in [0.15, 0.2) is 18.5 Å². The highest BCUT2D eigenvalue weighted by atomic mass is 16.6. The van der Waals surface area contributed by atoms with Crippen molar-refractivity contribution in [1.82, 2.24) is 14.6 Å². The van der Waals surface area contributed by atoms with Crippen molar-refractivity contribution in [3.63, 3.8) is 0 Å². The molecule has 2 rings (SSSR count). The van der Waals surface area contributed by atoms with Crippen LogP contribution < -0.4 is 5.32 Å². The summed E-state index contributed by atoms with van der Waals surface area (Å²) in [7, 11) is 1.70. The quantitative estimate of drug-likeness (QED) is 0.559. The third-order valence-corrected chi connectivity index (χ3v) is 1.86. The monoisotopic (exact) mass is 193 g/mol. The number of hydrogen-bond acceptors (Lipinski definition) is 5. The van der Waals surface area contributed by atoms with Gasteiger partial charge >= 0.3 is 5.82 Å². The van der Waals surface area contributed by atoms with Crippen LogP contribution in [0, 0.1) is 10.1 Å². The Morgan fingerprint density at radius 1 is 1.57 bits per heavy atom. The summed E-state index contributed by atoms with van der Waals surface area (Å²) in [5.74, 6) is 0.493. The third kappa shape index (κ3) is 1.06. The number of rotatable bonds is 2. The number of nitrogens with one attached hydrogen (secondary N) is 1. The van der Waals surface area contributed by atoms with Crippen molar-refractivity contribution in [1.29, 1.82) is 0 Å². The van der Waals surface area contributed by atoms with E-state index in [1.807, 2.05) is 0 Å². The molecule has 2 aromatic heterocycles. The predicted molar refractivity (Wildman–Crippen MR) is 49.2 cm³/mol. The Hall–Kier alpha value is -2.18. The van der Waals surface area contributed by atoms with Gasteiger partial charge in [0.2, 0.25) is 0 Å². The predicted octanol–water partition coefficient (Wildman–Crippen LogP) is 0.679. The smallest absolute Gasteiger partial charge is 0.348 e. The highest BCUT2D eigenvalue weighted by Crippen LogP contribution is 2.19. The van der Waals surface area contributed by atoms with Gasteiger partial charge in [-0.1, -0.05) is 9.61 Å². The van der Waals surface area contributed by atoms with Gasteiger partial charge in [0.1, 0.15) is 0 Å². The first-order valence-electron chi connectivity index (χ1n) is 3.89. The van der Waals surface area contributed by atoms with E-state index in [0.717, 1.165) is 0 Å². The van der Waals surface area contributed by atoms with Crippen LogP contribution in [0.4, 0.5) is 11.6 Å². The molecular weight excluding hydrogens is 186 g/mol. The first-order chi connectivity index (χ1) is 6.74. The summed E-state index contributed by atoms with van der Waals surface area (Å²) in [4.78, 5) is 14.0. The minimum Gasteiger partial charge on any atom is -0.369 e. The second-order valence-electron chi connectivity index (χ2n) is 2.60. The second-order valence-corrected chi connectivity index (χ2v) is 2.60. The van der Waals surface area contributed by atoms with Gasteiger partial charge in [-0.05, 0) is 11.0 Å². The Bertz CT molecular complexity index is 492. The van der Waals surface area contributed by atoms with E-state index in [2.05, 4.69) is 15.4 Å². The van der Waals surface area contributed by atoms with Crippen molar-refractivity contribution in [2.75, 3.05) is 12.4 Å². The Kier molecular flexibility index (Phi) is 1.77. The van der Waals surface area contributed by atoms with E-state index in [0.29, 0.717) is 11.3 Å². The Balaban J connectivity index is 2.75. The van der Waals surface area contributed by atoms with E-state index < -0.39 is 4.92 Å². The number of anilines is 1. The second kappa shape index (κ2) is 2.95. The molecule has 0 unspecified atom stereocenters. The third-order valence-electron chi connectivity index (χ3n) is 1.86. The molecule has 0 saturated heterocycles. The van der Waals surface area contributed by atoms with Gasteiger partial charge < -0.3 is 15.4 Å². The molecule has 0 aliphatic carbocycles. The minimum absolute atomic E-state index is 0.0705. The van der Waals surface area contributed by atoms with E-state index in [9.17, 15) is 10.1 Å². The molecule has 0 radical (unpaired) electrons. The normalized spacial score (nSPS) is 10.4. The van der Waals surface area contributed by atoms with E-state index in [1.54, 1.807) is 13.1 Å². The van der Waals surface area contributed by atoms with Gasteiger partial charge in [-0.3, -0.25) is 0 Å². The lowest BCUT2D eigenvalue weighted by Crippen LogP contribution is -2.02. The average Bonchev–Trinajstić information content (AvgIpc) is 2.60. The van der Waals surface area contributed by atoms with Gasteiger partial charge in [-0.15, -0.1) is 0 Å². The molecule has 1 N–H and O–H groups in total. The average molecular weight is 193 g/mol. The van der Waals surface area contributed by atoms with Crippen molar-refractivity contribution in [3.8, 4) is 0 Å². The molecule has 0 saturated carbocycles. The molecule has 0 fully saturated rings. The molecule has 0 spiro atoms. The molecule has 7 heteroatoms. The fraction of sp³-hybridized carbons (Fsp3) is 0.143. The highest BCUT2D eigenvalue weighted by Gasteiger charge is 2.16. The molecular formula is C7H7N5O2. The maximum absolute atomic E-state index is 10.6. The van der Waals surface area contributed by atoms with Crippen molar-refractivity contribution < 1.29 is 4.92 Å². The molecule has 2 heterocycles. The van der Waals surface area contributed by atoms with E-state index in [1.165, 1.54) is 16.9 Å². The summed E-state index contributed by atoms with van der Waals surface area (Å²) in [6.07, 6.45) is 1.27. The van der Waals surface area contributed by atoms with E-state index in [-0.39, 0.29) is 5.82 Å². The summed E-state index contributed by atoms with van der Waals surface area (Å²) in [6, 6.07) is 2.99. The summed E-state index contributed by atoms with van der Waals surface area (Å²) >= 11 is 0. The molecule has 7 nitrogen and oxygen atoms in total. The summed E-state index contributed by atoms with van der Waals surface area (Å²) in [5.41, 5.74) is 0.585. The van der Waals surface area contributed by atoms with Crippen LogP contribution in [0.5, 0.6) is 0 Å². The summed E-state index contributed by atoms with van der Waals surface area (Å²) in [5, 5.41) is 17.2. The molecule has 0 atom stereocenters. The lowest BCUT2D eigenvalue weighted by atomic mass is 10.5. The Morgan fingerprint density at radius 2 is 2.36 bits per heavy atom. The number of nitro groups is 1. The van der Waals surface area contributed by atoms with Crippen LogP contribution in [0.3, 0.4) is 0 Å². The maximum atomic E-state index is 10.6. The first-order valence-corrected chi connectivity index (χ1v) is 3.89. The van der Waals surface area contributed by atoms with Crippen LogP contribution >= 0.6 is 0 Å². The summed E-state index contributed by atoms with van der Waals surface area (Å²) in [6.45, 7) is 0. The van der Waals surface area contributed by atoms with E-state index >= 15 is 0 Å². The standard InChI is InChI=1S/C7H7N5O2/c1-8-7-5-2-3-6(12(13)14)11(5)10-4-9-7/h2-4H,1H3,(H,8,9,10). The molecule has 0 aliphatic heterocycles. The van der Waals surface area contributed by atoms with Gasteiger partial charge in [0.25, 0.3) is 0 Å². The van der Waals surface area contributed by atoms with Crippen molar-refractivity contribution >= 4 is 17.2 Å². The Morgan fingerprint density at radius 3 is 3.00 bits per heavy atom. The van der Waals surface area contributed by atoms with Crippen LogP contribution in [0.2, 0.25) is 0 Å². The van der Waals surface area contributed by atoms with Crippen molar-refractivity contribution in [3.05, 3.63) is 28.6 Å². The number of fused-ring (bicyclic) bond motifs is 1. The molecule has 0 aromatic carbocycles.